The van der Waals surface area contributed by atoms with Crippen molar-refractivity contribution in [1.82, 2.24) is 14.8 Å². The molecule has 0 N–H and O–H groups in total. The topological polar surface area (TPSA) is 45.7 Å². The second kappa shape index (κ2) is 8.04. The number of hydrogen-bond acceptors (Lipinski definition) is 5. The zero-order valence-corrected chi connectivity index (χ0v) is 17.0. The number of likely N-dealkylation sites (N-methyl/N-ethyl adjacent to an activating group) is 1. The molecule has 1 atom stereocenters. The standard InChI is InChI=1S/C21H21F2N3O2S/c1-13(20(27)26-9-7-25(2)8-10-26)14-3-5-15(6-4-14)28-21-24-18-11-16(22)17(23)12-19(18)29-21/h3-6,11-13H,7-10H2,1-2H3. The molecule has 2 aromatic carbocycles. The van der Waals surface area contributed by atoms with Crippen LogP contribution in [0.2, 0.25) is 0 Å². The lowest BCUT2D eigenvalue weighted by atomic mass is 9.99. The molecule has 152 valence electrons. The van der Waals surface area contributed by atoms with Crippen LogP contribution in [0, 0.1) is 11.6 Å². The molecule has 5 nitrogen and oxygen atoms in total. The number of aromatic nitrogens is 1. The third kappa shape index (κ3) is 4.23. The van der Waals surface area contributed by atoms with Crippen molar-refractivity contribution in [3.8, 4) is 10.9 Å². The molecule has 0 bridgehead atoms. The number of ether oxygens (including phenoxy) is 1. The number of carbonyl (C=O) groups excluding carboxylic acids is 1. The Bertz CT molecular complexity index is 991. The summed E-state index contributed by atoms with van der Waals surface area (Å²) in [6.07, 6.45) is 0. The summed E-state index contributed by atoms with van der Waals surface area (Å²) in [5.41, 5.74) is 1.27. The second-order valence-electron chi connectivity index (χ2n) is 7.24. The van der Waals surface area contributed by atoms with Gasteiger partial charge in [-0.25, -0.2) is 13.8 Å². The summed E-state index contributed by atoms with van der Waals surface area (Å²) in [6.45, 7) is 5.19. The monoisotopic (exact) mass is 417 g/mol. The van der Waals surface area contributed by atoms with Gasteiger partial charge in [0.2, 0.25) is 5.91 Å². The molecule has 2 heterocycles. The van der Waals surface area contributed by atoms with Crippen molar-refractivity contribution in [3.63, 3.8) is 0 Å². The molecule has 4 rings (SSSR count). The Morgan fingerprint density at radius 1 is 1.10 bits per heavy atom. The van der Waals surface area contributed by atoms with Crippen molar-refractivity contribution in [1.29, 1.82) is 0 Å². The van der Waals surface area contributed by atoms with E-state index in [1.165, 1.54) is 0 Å². The van der Waals surface area contributed by atoms with Gasteiger partial charge in [-0.3, -0.25) is 4.79 Å². The Morgan fingerprint density at radius 2 is 1.76 bits per heavy atom. The van der Waals surface area contributed by atoms with Crippen LogP contribution in [0.4, 0.5) is 8.78 Å². The van der Waals surface area contributed by atoms with Crippen molar-refractivity contribution < 1.29 is 18.3 Å². The van der Waals surface area contributed by atoms with E-state index in [0.29, 0.717) is 21.2 Å². The van der Waals surface area contributed by atoms with Crippen LogP contribution in [0.25, 0.3) is 10.2 Å². The van der Waals surface area contributed by atoms with Crippen LogP contribution in [0.3, 0.4) is 0 Å². The van der Waals surface area contributed by atoms with Crippen molar-refractivity contribution >= 4 is 27.5 Å². The summed E-state index contributed by atoms with van der Waals surface area (Å²) in [5.74, 6) is -1.40. The zero-order chi connectivity index (χ0) is 20.5. The maximum Gasteiger partial charge on any atom is 0.279 e. The van der Waals surface area contributed by atoms with Gasteiger partial charge in [-0.15, -0.1) is 0 Å². The molecule has 29 heavy (non-hydrogen) atoms. The summed E-state index contributed by atoms with van der Waals surface area (Å²) < 4.78 is 32.9. The summed E-state index contributed by atoms with van der Waals surface area (Å²) >= 11 is 1.14. The van der Waals surface area contributed by atoms with Gasteiger partial charge in [-0.1, -0.05) is 23.5 Å². The first-order valence-electron chi connectivity index (χ1n) is 9.41. The highest BCUT2D eigenvalue weighted by molar-refractivity contribution is 7.20. The molecule has 1 unspecified atom stereocenters. The average Bonchev–Trinajstić information content (AvgIpc) is 3.09. The minimum atomic E-state index is -0.933. The Balaban J connectivity index is 1.44. The lowest BCUT2D eigenvalue weighted by Crippen LogP contribution is -2.48. The third-order valence-corrected chi connectivity index (χ3v) is 6.08. The number of piperazine rings is 1. The first kappa shape index (κ1) is 19.7. The van der Waals surface area contributed by atoms with Crippen molar-refractivity contribution in [2.24, 2.45) is 0 Å². The maximum absolute atomic E-state index is 13.4. The number of amides is 1. The van der Waals surface area contributed by atoms with Gasteiger partial charge < -0.3 is 14.5 Å². The summed E-state index contributed by atoms with van der Waals surface area (Å²) in [5, 5.41) is 0.305. The van der Waals surface area contributed by atoms with E-state index in [1.807, 2.05) is 24.0 Å². The number of hydrogen-bond donors (Lipinski definition) is 0. The maximum atomic E-state index is 13.4. The van der Waals surface area contributed by atoms with E-state index >= 15 is 0 Å². The van der Waals surface area contributed by atoms with E-state index < -0.39 is 11.6 Å². The van der Waals surface area contributed by atoms with Gasteiger partial charge >= 0.3 is 0 Å². The van der Waals surface area contributed by atoms with E-state index in [4.69, 9.17) is 4.74 Å². The number of fused-ring (bicyclic) bond motifs is 1. The van der Waals surface area contributed by atoms with E-state index in [2.05, 4.69) is 16.9 Å². The molecular weight excluding hydrogens is 396 g/mol. The largest absolute Gasteiger partial charge is 0.431 e. The Labute approximate surface area is 171 Å². The first-order valence-corrected chi connectivity index (χ1v) is 10.2. The van der Waals surface area contributed by atoms with E-state index in [0.717, 1.165) is 55.2 Å². The molecule has 1 aliphatic rings. The molecule has 1 amide bonds. The predicted octanol–water partition coefficient (Wildman–Crippen LogP) is 4.24. The van der Waals surface area contributed by atoms with Crippen LogP contribution in [-0.2, 0) is 4.79 Å². The average molecular weight is 417 g/mol. The molecule has 0 aliphatic carbocycles. The number of rotatable bonds is 4. The summed E-state index contributed by atoms with van der Waals surface area (Å²) in [7, 11) is 2.06. The lowest BCUT2D eigenvalue weighted by molar-refractivity contribution is -0.134. The second-order valence-corrected chi connectivity index (χ2v) is 8.23. The van der Waals surface area contributed by atoms with Crippen LogP contribution >= 0.6 is 11.3 Å². The molecule has 0 saturated carbocycles. The van der Waals surface area contributed by atoms with Gasteiger partial charge in [0, 0.05) is 32.2 Å². The van der Waals surface area contributed by atoms with E-state index in [1.54, 1.807) is 12.1 Å². The normalized spacial score (nSPS) is 16.2. The van der Waals surface area contributed by atoms with Crippen molar-refractivity contribution in [2.45, 2.75) is 12.8 Å². The SMILES string of the molecule is CC(C(=O)N1CCN(C)CC1)c1ccc(Oc2nc3cc(F)c(F)cc3s2)cc1. The van der Waals surface area contributed by atoms with Crippen LogP contribution in [0.15, 0.2) is 36.4 Å². The van der Waals surface area contributed by atoms with E-state index in [9.17, 15) is 13.6 Å². The molecule has 1 aliphatic heterocycles. The van der Waals surface area contributed by atoms with Crippen molar-refractivity contribution in [2.75, 3.05) is 33.2 Å². The number of halogens is 2. The molecular formula is C21H21F2N3O2S. The van der Waals surface area contributed by atoms with Crippen LogP contribution in [-0.4, -0.2) is 53.9 Å². The first-order chi connectivity index (χ1) is 13.9. The number of carbonyl (C=O) groups is 1. The fourth-order valence-electron chi connectivity index (χ4n) is 3.31. The molecule has 3 aromatic rings. The van der Waals surface area contributed by atoms with Crippen LogP contribution in [0.5, 0.6) is 10.9 Å². The summed E-state index contributed by atoms with van der Waals surface area (Å²) in [4.78, 5) is 21.1. The van der Waals surface area contributed by atoms with Crippen LogP contribution < -0.4 is 4.74 Å². The van der Waals surface area contributed by atoms with Crippen molar-refractivity contribution in [3.05, 3.63) is 53.6 Å². The number of nitrogens with zero attached hydrogens (tertiary/aromatic N) is 3. The van der Waals surface area contributed by atoms with Gasteiger partial charge in [0.25, 0.3) is 5.19 Å². The smallest absolute Gasteiger partial charge is 0.279 e. The van der Waals surface area contributed by atoms with Gasteiger partial charge in [-0.05, 0) is 37.7 Å². The minimum Gasteiger partial charge on any atom is -0.431 e. The van der Waals surface area contributed by atoms with Gasteiger partial charge in [0.1, 0.15) is 5.75 Å². The van der Waals surface area contributed by atoms with Gasteiger partial charge in [0.15, 0.2) is 11.6 Å². The predicted molar refractivity (Wildman–Crippen MR) is 109 cm³/mol. The molecule has 1 fully saturated rings. The quantitative estimate of drug-likeness (QED) is 0.637. The minimum absolute atomic E-state index is 0.127. The number of benzene rings is 2. The third-order valence-electron chi connectivity index (χ3n) is 5.18. The molecule has 1 aromatic heterocycles. The van der Waals surface area contributed by atoms with Crippen LogP contribution in [0.1, 0.15) is 18.4 Å². The van der Waals surface area contributed by atoms with Gasteiger partial charge in [0.05, 0.1) is 16.1 Å². The Kier molecular flexibility index (Phi) is 5.47. The number of thiazole rings is 1. The fraction of sp³-hybridized carbons (Fsp3) is 0.333. The zero-order valence-electron chi connectivity index (χ0n) is 16.2. The van der Waals surface area contributed by atoms with E-state index in [-0.39, 0.29) is 11.8 Å². The van der Waals surface area contributed by atoms with Gasteiger partial charge in [-0.2, -0.15) is 0 Å². The fourth-order valence-corrected chi connectivity index (χ4v) is 4.16. The highest BCUT2D eigenvalue weighted by Crippen LogP contribution is 2.33. The Morgan fingerprint density at radius 3 is 2.45 bits per heavy atom. The molecule has 0 radical (unpaired) electrons. The molecule has 1 saturated heterocycles. The Hall–Kier alpha value is -2.58. The highest BCUT2D eigenvalue weighted by Gasteiger charge is 2.24. The molecule has 0 spiro atoms. The highest BCUT2D eigenvalue weighted by atomic mass is 32.1. The lowest BCUT2D eigenvalue weighted by Gasteiger charge is -2.34. The molecule has 8 heteroatoms. The summed E-state index contributed by atoms with van der Waals surface area (Å²) in [6, 6.07) is 9.45.